The predicted molar refractivity (Wildman–Crippen MR) is 49.3 cm³/mol. The Hall–Kier alpha value is -2.21. The second-order valence-corrected chi connectivity index (χ2v) is 4.44. The highest BCUT2D eigenvalue weighted by atomic mass is 32.2. The largest absolute Gasteiger partial charge is 0.478 e. The minimum atomic E-state index is -4.61. The number of halogens is 2. The van der Waals surface area contributed by atoms with E-state index in [1.165, 1.54) is 4.72 Å². The Morgan fingerprint density at radius 1 is 1.41 bits per heavy atom. The van der Waals surface area contributed by atoms with E-state index < -0.39 is 38.1 Å². The van der Waals surface area contributed by atoms with E-state index in [0.29, 0.717) is 12.1 Å². The number of aromatic carboxylic acids is 1. The lowest BCUT2D eigenvalue weighted by Gasteiger charge is -2.05. The molecule has 0 aliphatic carbocycles. The molecule has 0 heterocycles. The van der Waals surface area contributed by atoms with E-state index >= 15 is 0 Å². The van der Waals surface area contributed by atoms with Crippen LogP contribution in [0.25, 0.3) is 0 Å². The summed E-state index contributed by atoms with van der Waals surface area (Å²) in [6, 6.07) is 0.753. The third-order valence-corrected chi connectivity index (χ3v) is 2.95. The lowest BCUT2D eigenvalue weighted by atomic mass is 10.2. The summed E-state index contributed by atoms with van der Waals surface area (Å²) in [6.07, 6.45) is 1.03. The Labute approximate surface area is 94.2 Å². The zero-order chi connectivity index (χ0) is 13.2. The zero-order valence-electron chi connectivity index (χ0n) is 7.94. The van der Waals surface area contributed by atoms with E-state index in [0.717, 1.165) is 6.19 Å². The van der Waals surface area contributed by atoms with E-state index in [1.807, 2.05) is 0 Å². The summed E-state index contributed by atoms with van der Waals surface area (Å²) in [7, 11) is -4.61. The van der Waals surface area contributed by atoms with Gasteiger partial charge in [-0.1, -0.05) is 0 Å². The maximum Gasteiger partial charge on any atom is 0.335 e. The first-order valence-electron chi connectivity index (χ1n) is 3.93. The van der Waals surface area contributed by atoms with Gasteiger partial charge in [0.25, 0.3) is 10.0 Å². The molecule has 9 heteroatoms. The average molecular weight is 262 g/mol. The van der Waals surface area contributed by atoms with Gasteiger partial charge in [0.05, 0.1) is 5.56 Å². The average Bonchev–Trinajstić information content (AvgIpc) is 2.21. The fourth-order valence-corrected chi connectivity index (χ4v) is 1.84. The van der Waals surface area contributed by atoms with E-state index in [1.54, 1.807) is 0 Å². The summed E-state index contributed by atoms with van der Waals surface area (Å²) in [6.45, 7) is 0. The fourth-order valence-electron chi connectivity index (χ4n) is 0.998. The van der Waals surface area contributed by atoms with E-state index in [4.69, 9.17) is 10.4 Å². The van der Waals surface area contributed by atoms with Crippen molar-refractivity contribution in [2.75, 3.05) is 0 Å². The van der Waals surface area contributed by atoms with Crippen LogP contribution in [0.4, 0.5) is 8.78 Å². The molecule has 1 aromatic rings. The summed E-state index contributed by atoms with van der Waals surface area (Å²) in [4.78, 5) is 9.29. The van der Waals surface area contributed by atoms with Crippen LogP contribution in [-0.2, 0) is 10.0 Å². The number of sulfonamides is 1. The molecule has 0 saturated heterocycles. The van der Waals surface area contributed by atoms with Crippen LogP contribution in [0.1, 0.15) is 10.4 Å². The standard InChI is InChI=1S/C8H4F2N2O4S/c9-5-1-4(8(13)14)2-6(7(5)10)17(15,16)12-3-11/h1-2,12H,(H,13,14). The van der Waals surface area contributed by atoms with Crippen LogP contribution in [0.15, 0.2) is 17.0 Å². The van der Waals surface area contributed by atoms with Gasteiger partial charge >= 0.3 is 5.97 Å². The van der Waals surface area contributed by atoms with Crippen LogP contribution in [0.5, 0.6) is 0 Å². The summed E-state index contributed by atoms with van der Waals surface area (Å²) >= 11 is 0. The molecule has 17 heavy (non-hydrogen) atoms. The first-order valence-corrected chi connectivity index (χ1v) is 5.41. The molecule has 0 amide bonds. The van der Waals surface area contributed by atoms with Crippen LogP contribution in [-0.4, -0.2) is 19.5 Å². The molecule has 6 nitrogen and oxygen atoms in total. The monoisotopic (exact) mass is 262 g/mol. The Kier molecular flexibility index (Phi) is 3.28. The summed E-state index contributed by atoms with van der Waals surface area (Å²) in [5, 5.41) is 16.7. The number of carboxylic acid groups (broad SMARTS) is 1. The smallest absolute Gasteiger partial charge is 0.335 e. The maximum atomic E-state index is 13.2. The molecule has 90 valence electrons. The van der Waals surface area contributed by atoms with Crippen LogP contribution < -0.4 is 4.72 Å². The molecule has 2 N–H and O–H groups in total. The normalized spacial score (nSPS) is 10.6. The molecule has 0 bridgehead atoms. The third-order valence-electron chi connectivity index (χ3n) is 1.71. The fraction of sp³-hybridized carbons (Fsp3) is 0. The van der Waals surface area contributed by atoms with Crippen molar-refractivity contribution >= 4 is 16.0 Å². The molecule has 0 aliphatic rings. The summed E-state index contributed by atoms with van der Waals surface area (Å²) in [5.41, 5.74) is -0.748. The van der Waals surface area contributed by atoms with Crippen molar-refractivity contribution in [2.45, 2.75) is 4.90 Å². The van der Waals surface area contributed by atoms with Crippen molar-refractivity contribution in [1.82, 2.24) is 4.72 Å². The topological polar surface area (TPSA) is 107 Å². The number of hydrogen-bond acceptors (Lipinski definition) is 4. The molecular weight excluding hydrogens is 258 g/mol. The minimum Gasteiger partial charge on any atom is -0.478 e. The van der Waals surface area contributed by atoms with Gasteiger partial charge in [-0.2, -0.15) is 5.26 Å². The lowest BCUT2D eigenvalue weighted by Crippen LogP contribution is -2.20. The number of carboxylic acids is 1. The molecule has 0 atom stereocenters. The number of rotatable bonds is 3. The molecule has 1 aromatic carbocycles. The van der Waals surface area contributed by atoms with Crippen LogP contribution >= 0.6 is 0 Å². The maximum absolute atomic E-state index is 13.2. The van der Waals surface area contributed by atoms with Gasteiger partial charge in [-0.3, -0.25) is 0 Å². The molecular formula is C8H4F2N2O4S. The van der Waals surface area contributed by atoms with Crippen LogP contribution in [0.2, 0.25) is 0 Å². The van der Waals surface area contributed by atoms with Gasteiger partial charge in [0.1, 0.15) is 4.90 Å². The number of hydrogen-bond donors (Lipinski definition) is 2. The van der Waals surface area contributed by atoms with Crippen molar-refractivity contribution in [3.05, 3.63) is 29.3 Å². The molecule has 1 rings (SSSR count). The quantitative estimate of drug-likeness (QED) is 0.606. The van der Waals surface area contributed by atoms with Gasteiger partial charge in [-0.05, 0) is 12.1 Å². The Morgan fingerprint density at radius 3 is 2.47 bits per heavy atom. The van der Waals surface area contributed by atoms with Crippen LogP contribution in [0, 0.1) is 23.1 Å². The SMILES string of the molecule is N#CNS(=O)(=O)c1cc(C(=O)O)cc(F)c1F. The number of nitrogens with one attached hydrogen (secondary N) is 1. The first kappa shape index (κ1) is 12.9. The van der Waals surface area contributed by atoms with Crippen molar-refractivity contribution in [2.24, 2.45) is 0 Å². The minimum absolute atomic E-state index is 0.336. The second kappa shape index (κ2) is 4.34. The van der Waals surface area contributed by atoms with Crippen LogP contribution in [0.3, 0.4) is 0 Å². The Balaban J connectivity index is 3.55. The third kappa shape index (κ3) is 2.48. The number of carbonyl (C=O) groups is 1. The second-order valence-electron chi connectivity index (χ2n) is 2.79. The van der Waals surface area contributed by atoms with Crippen molar-refractivity contribution in [3.8, 4) is 6.19 Å². The van der Waals surface area contributed by atoms with E-state index in [9.17, 15) is 22.0 Å². The zero-order valence-corrected chi connectivity index (χ0v) is 8.75. The van der Waals surface area contributed by atoms with Gasteiger partial charge in [-0.15, -0.1) is 0 Å². The van der Waals surface area contributed by atoms with Gasteiger partial charge in [0.15, 0.2) is 17.8 Å². The molecule has 0 radical (unpaired) electrons. The first-order chi connectivity index (χ1) is 7.79. The van der Waals surface area contributed by atoms with E-state index in [-0.39, 0.29) is 0 Å². The number of benzene rings is 1. The highest BCUT2D eigenvalue weighted by Crippen LogP contribution is 2.19. The van der Waals surface area contributed by atoms with Gasteiger partial charge < -0.3 is 5.11 Å². The Bertz CT molecular complexity index is 621. The van der Waals surface area contributed by atoms with Crippen molar-refractivity contribution in [1.29, 1.82) is 5.26 Å². The molecule has 0 aliphatic heterocycles. The molecule has 0 spiro atoms. The molecule has 0 aromatic heterocycles. The highest BCUT2D eigenvalue weighted by molar-refractivity contribution is 7.89. The lowest BCUT2D eigenvalue weighted by molar-refractivity contribution is 0.0696. The van der Waals surface area contributed by atoms with Crippen molar-refractivity contribution in [3.63, 3.8) is 0 Å². The number of nitriles is 1. The van der Waals surface area contributed by atoms with Gasteiger partial charge in [0.2, 0.25) is 0 Å². The predicted octanol–water partition coefficient (Wildman–Crippen LogP) is 0.422. The number of nitrogens with zero attached hydrogens (tertiary/aromatic N) is 1. The molecule has 0 unspecified atom stereocenters. The Morgan fingerprint density at radius 2 is 2.00 bits per heavy atom. The highest BCUT2D eigenvalue weighted by Gasteiger charge is 2.24. The van der Waals surface area contributed by atoms with Crippen molar-refractivity contribution < 1.29 is 27.1 Å². The van der Waals surface area contributed by atoms with Gasteiger partial charge in [-0.25, -0.2) is 26.7 Å². The summed E-state index contributed by atoms with van der Waals surface area (Å²) < 4.78 is 49.9. The molecule has 0 saturated carbocycles. The molecule has 0 fully saturated rings. The van der Waals surface area contributed by atoms with Gasteiger partial charge in [0, 0.05) is 0 Å². The summed E-state index contributed by atoms with van der Waals surface area (Å²) in [5.74, 6) is -5.02. The van der Waals surface area contributed by atoms with E-state index in [2.05, 4.69) is 0 Å².